The molecule has 0 aliphatic carbocycles. The zero-order valence-electron chi connectivity index (χ0n) is 15.5. The maximum absolute atomic E-state index is 12.2. The summed E-state index contributed by atoms with van der Waals surface area (Å²) >= 11 is 1.36. The molecule has 1 heterocycles. The van der Waals surface area contributed by atoms with E-state index in [4.69, 9.17) is 4.74 Å². The summed E-state index contributed by atoms with van der Waals surface area (Å²) < 4.78 is 5.04. The number of thiophene rings is 1. The van der Waals surface area contributed by atoms with Crippen molar-refractivity contribution in [3.8, 4) is 0 Å². The van der Waals surface area contributed by atoms with Crippen LogP contribution in [0.4, 0.5) is 5.00 Å². The summed E-state index contributed by atoms with van der Waals surface area (Å²) in [6.45, 7) is 4.23. The smallest absolute Gasteiger partial charge is 0.341 e. The molecule has 2 amide bonds. The van der Waals surface area contributed by atoms with Crippen LogP contribution in [0.2, 0.25) is 0 Å². The molecular formula is C20H24N2O4S. The van der Waals surface area contributed by atoms with E-state index in [1.165, 1.54) is 11.3 Å². The van der Waals surface area contributed by atoms with Gasteiger partial charge in [0.2, 0.25) is 11.8 Å². The maximum Gasteiger partial charge on any atom is 0.341 e. The summed E-state index contributed by atoms with van der Waals surface area (Å²) in [6.07, 6.45) is 1.17. The van der Waals surface area contributed by atoms with E-state index in [0.717, 1.165) is 16.9 Å². The molecule has 0 saturated carbocycles. The number of benzene rings is 1. The normalized spacial score (nSPS) is 10.3. The van der Waals surface area contributed by atoms with Crippen molar-refractivity contribution in [2.75, 3.05) is 18.5 Å². The van der Waals surface area contributed by atoms with Crippen molar-refractivity contribution < 1.29 is 19.1 Å². The second-order valence-electron chi connectivity index (χ2n) is 5.84. The van der Waals surface area contributed by atoms with Crippen LogP contribution in [-0.2, 0) is 27.2 Å². The predicted molar refractivity (Wildman–Crippen MR) is 106 cm³/mol. The van der Waals surface area contributed by atoms with Gasteiger partial charge in [-0.05, 0) is 25.0 Å². The van der Waals surface area contributed by atoms with Gasteiger partial charge in [-0.2, -0.15) is 0 Å². The van der Waals surface area contributed by atoms with Gasteiger partial charge in [-0.1, -0.05) is 37.3 Å². The van der Waals surface area contributed by atoms with E-state index in [2.05, 4.69) is 10.6 Å². The Balaban J connectivity index is 1.84. The Bertz CT molecular complexity index is 787. The van der Waals surface area contributed by atoms with Gasteiger partial charge in [0, 0.05) is 17.8 Å². The van der Waals surface area contributed by atoms with Gasteiger partial charge in [0.05, 0.1) is 18.6 Å². The lowest BCUT2D eigenvalue weighted by Crippen LogP contribution is -2.29. The van der Waals surface area contributed by atoms with E-state index in [1.807, 2.05) is 37.3 Å². The Morgan fingerprint density at radius 2 is 1.81 bits per heavy atom. The molecule has 0 spiro atoms. The number of esters is 1. The average molecular weight is 388 g/mol. The second kappa shape index (κ2) is 10.5. The standard InChI is InChI=1S/C20H24N2O4S/c1-3-15-13-16(20(25)26-4-2)19(27-15)22-17(23)10-11-21-18(24)12-14-8-6-5-7-9-14/h5-9,13H,3-4,10-12H2,1-2H3,(H,21,24)(H,22,23). The van der Waals surface area contributed by atoms with E-state index >= 15 is 0 Å². The maximum atomic E-state index is 12.2. The highest BCUT2D eigenvalue weighted by atomic mass is 32.1. The lowest BCUT2D eigenvalue weighted by atomic mass is 10.1. The van der Waals surface area contributed by atoms with E-state index in [0.29, 0.717) is 10.6 Å². The van der Waals surface area contributed by atoms with Crippen LogP contribution in [-0.4, -0.2) is 30.9 Å². The van der Waals surface area contributed by atoms with Crippen molar-refractivity contribution in [1.29, 1.82) is 0 Å². The predicted octanol–water partition coefficient (Wildman–Crippen LogP) is 3.17. The van der Waals surface area contributed by atoms with Crippen LogP contribution in [0.15, 0.2) is 36.4 Å². The van der Waals surface area contributed by atoms with E-state index in [-0.39, 0.29) is 37.8 Å². The summed E-state index contributed by atoms with van der Waals surface area (Å²) in [6, 6.07) is 11.2. The van der Waals surface area contributed by atoms with Crippen LogP contribution in [0.1, 0.15) is 41.1 Å². The largest absolute Gasteiger partial charge is 0.462 e. The van der Waals surface area contributed by atoms with Gasteiger partial charge in [0.15, 0.2) is 0 Å². The van der Waals surface area contributed by atoms with Crippen LogP contribution < -0.4 is 10.6 Å². The number of hydrogen-bond acceptors (Lipinski definition) is 5. The molecule has 2 N–H and O–H groups in total. The van der Waals surface area contributed by atoms with Gasteiger partial charge in [-0.3, -0.25) is 9.59 Å². The first kappa shape index (κ1) is 20.6. The fraction of sp³-hybridized carbons (Fsp3) is 0.350. The zero-order chi connectivity index (χ0) is 19.6. The average Bonchev–Trinajstić information content (AvgIpc) is 3.05. The Morgan fingerprint density at radius 3 is 2.48 bits per heavy atom. The van der Waals surface area contributed by atoms with Crippen molar-refractivity contribution in [3.63, 3.8) is 0 Å². The highest BCUT2D eigenvalue weighted by Crippen LogP contribution is 2.29. The molecule has 0 radical (unpaired) electrons. The number of nitrogens with one attached hydrogen (secondary N) is 2. The number of carbonyl (C=O) groups is 3. The molecule has 7 heteroatoms. The SMILES string of the molecule is CCOC(=O)c1cc(CC)sc1NC(=O)CCNC(=O)Cc1ccccc1. The number of carbonyl (C=O) groups excluding carboxylic acids is 3. The first-order chi connectivity index (χ1) is 13.0. The number of amides is 2. The van der Waals surface area contributed by atoms with Gasteiger partial charge in [-0.15, -0.1) is 11.3 Å². The molecular weight excluding hydrogens is 364 g/mol. The summed E-state index contributed by atoms with van der Waals surface area (Å²) in [5.41, 5.74) is 1.30. The minimum absolute atomic E-state index is 0.127. The molecule has 144 valence electrons. The van der Waals surface area contributed by atoms with E-state index in [9.17, 15) is 14.4 Å². The summed E-state index contributed by atoms with van der Waals surface area (Å²) in [5, 5.41) is 5.98. The molecule has 27 heavy (non-hydrogen) atoms. The van der Waals surface area contributed by atoms with Gasteiger partial charge in [0.25, 0.3) is 0 Å². The van der Waals surface area contributed by atoms with Crippen molar-refractivity contribution in [2.24, 2.45) is 0 Å². The summed E-state index contributed by atoms with van der Waals surface area (Å²) in [7, 11) is 0. The lowest BCUT2D eigenvalue weighted by Gasteiger charge is -2.07. The van der Waals surface area contributed by atoms with E-state index < -0.39 is 5.97 Å². The molecule has 1 aromatic carbocycles. The third-order valence-corrected chi connectivity index (χ3v) is 4.96. The van der Waals surface area contributed by atoms with Crippen LogP contribution >= 0.6 is 11.3 Å². The topological polar surface area (TPSA) is 84.5 Å². The summed E-state index contributed by atoms with van der Waals surface area (Å²) in [5.74, 6) is -0.837. The molecule has 1 aromatic heterocycles. The summed E-state index contributed by atoms with van der Waals surface area (Å²) in [4.78, 5) is 37.1. The Morgan fingerprint density at radius 1 is 1.07 bits per heavy atom. The molecule has 0 fully saturated rings. The van der Waals surface area contributed by atoms with Gasteiger partial charge < -0.3 is 15.4 Å². The van der Waals surface area contributed by atoms with Gasteiger partial charge >= 0.3 is 5.97 Å². The molecule has 6 nitrogen and oxygen atoms in total. The van der Waals surface area contributed by atoms with Crippen LogP contribution in [0, 0.1) is 0 Å². The van der Waals surface area contributed by atoms with E-state index in [1.54, 1.807) is 13.0 Å². The number of rotatable bonds is 9. The number of anilines is 1. The quantitative estimate of drug-likeness (QED) is 0.646. The minimum atomic E-state index is -0.445. The molecule has 0 atom stereocenters. The second-order valence-corrected chi connectivity index (χ2v) is 6.98. The third-order valence-electron chi connectivity index (χ3n) is 3.76. The van der Waals surface area contributed by atoms with Gasteiger partial charge in [0.1, 0.15) is 5.00 Å². The molecule has 0 bridgehead atoms. The van der Waals surface area contributed by atoms with Crippen molar-refractivity contribution in [3.05, 3.63) is 52.4 Å². The van der Waals surface area contributed by atoms with Crippen molar-refractivity contribution in [1.82, 2.24) is 5.32 Å². The molecule has 0 aliphatic rings. The molecule has 2 aromatic rings. The molecule has 0 aliphatic heterocycles. The molecule has 0 saturated heterocycles. The Kier molecular flexibility index (Phi) is 8.00. The lowest BCUT2D eigenvalue weighted by molar-refractivity contribution is -0.120. The zero-order valence-corrected chi connectivity index (χ0v) is 16.4. The number of hydrogen-bond donors (Lipinski definition) is 2. The van der Waals surface area contributed by atoms with Crippen molar-refractivity contribution >= 4 is 34.1 Å². The first-order valence-electron chi connectivity index (χ1n) is 8.93. The Hall–Kier alpha value is -2.67. The fourth-order valence-corrected chi connectivity index (χ4v) is 3.42. The first-order valence-corrected chi connectivity index (χ1v) is 9.75. The Labute approximate surface area is 162 Å². The number of ether oxygens (including phenoxy) is 1. The van der Waals surface area contributed by atoms with Gasteiger partial charge in [-0.25, -0.2) is 4.79 Å². The third kappa shape index (κ3) is 6.53. The van der Waals surface area contributed by atoms with Crippen LogP contribution in [0.25, 0.3) is 0 Å². The van der Waals surface area contributed by atoms with Crippen molar-refractivity contribution in [2.45, 2.75) is 33.1 Å². The highest BCUT2D eigenvalue weighted by Gasteiger charge is 2.18. The van der Waals surface area contributed by atoms with Crippen LogP contribution in [0.3, 0.4) is 0 Å². The molecule has 0 unspecified atom stereocenters. The van der Waals surface area contributed by atoms with Crippen LogP contribution in [0.5, 0.6) is 0 Å². The fourth-order valence-electron chi connectivity index (χ4n) is 2.42. The molecule has 2 rings (SSSR count). The highest BCUT2D eigenvalue weighted by molar-refractivity contribution is 7.16. The minimum Gasteiger partial charge on any atom is -0.462 e. The monoisotopic (exact) mass is 388 g/mol. The number of aryl methyl sites for hydroxylation is 1.